The van der Waals surface area contributed by atoms with E-state index in [-0.39, 0.29) is 0 Å². The zero-order valence-electron chi connectivity index (χ0n) is 19.2. The minimum Gasteiger partial charge on any atom is -0.497 e. The molecule has 11 nitrogen and oxygen atoms in total. The van der Waals surface area contributed by atoms with Gasteiger partial charge in [-0.2, -0.15) is 0 Å². The maximum atomic E-state index is 12.2. The Labute approximate surface area is 226 Å². The Hall–Kier alpha value is -4.10. The Morgan fingerprint density at radius 1 is 0.649 bits per heavy atom. The van der Waals surface area contributed by atoms with Crippen LogP contribution in [0.15, 0.2) is 51.4 Å². The van der Waals surface area contributed by atoms with Crippen LogP contribution in [0.25, 0.3) is 24.3 Å². The van der Waals surface area contributed by atoms with E-state index in [0.29, 0.717) is 37.6 Å². The molecule has 3 aromatic carbocycles. The normalized spacial score (nSPS) is 11.1. The van der Waals surface area contributed by atoms with Gasteiger partial charge >= 0.3 is 0 Å². The molecule has 0 radical (unpaired) electrons. The molecule has 0 aromatic heterocycles. The summed E-state index contributed by atoms with van der Waals surface area (Å²) >= 11 is 6.71. The second-order valence-corrected chi connectivity index (χ2v) is 9.01. The number of hydrogen-bond donors (Lipinski definition) is 0. The van der Waals surface area contributed by atoms with Crippen molar-refractivity contribution in [1.29, 1.82) is 0 Å². The van der Waals surface area contributed by atoms with Crippen LogP contribution in [0.3, 0.4) is 0 Å². The number of ether oxygens (including phenoxy) is 2. The summed E-state index contributed by atoms with van der Waals surface area (Å²) < 4.78 is 11.6. The highest BCUT2D eigenvalue weighted by molar-refractivity contribution is 9.10. The zero-order valence-corrected chi connectivity index (χ0v) is 22.4. The first-order valence-electron chi connectivity index (χ1n) is 10.2. The van der Waals surface area contributed by atoms with E-state index in [9.17, 15) is 30.3 Å². The molecule has 0 unspecified atom stereocenters. The molecule has 37 heavy (non-hydrogen) atoms. The Kier molecular flexibility index (Phi) is 8.73. The topological polar surface area (TPSA) is 148 Å². The highest BCUT2D eigenvalue weighted by atomic mass is 79.9. The van der Waals surface area contributed by atoms with Gasteiger partial charge in [-0.25, -0.2) is 0 Å². The monoisotopic (exact) mass is 633 g/mol. The lowest BCUT2D eigenvalue weighted by Crippen LogP contribution is -2.04. The fraction of sp³-hybridized carbons (Fsp3) is 0.0833. The van der Waals surface area contributed by atoms with Crippen molar-refractivity contribution in [1.82, 2.24) is 0 Å². The molecule has 190 valence electrons. The van der Waals surface area contributed by atoms with E-state index in [0.717, 1.165) is 0 Å². The van der Waals surface area contributed by atoms with Crippen LogP contribution in [0.5, 0.6) is 11.5 Å². The number of benzene rings is 3. The van der Waals surface area contributed by atoms with Crippen molar-refractivity contribution in [3.63, 3.8) is 0 Å². The highest BCUT2D eigenvalue weighted by Crippen LogP contribution is 2.41. The standard InChI is InChI=1S/C24H17Br2N3O8/c1-36-16-5-9-20(25)14(11-16)3-7-18-22(27(30)31)13-23(28(32)33)19(24(18)29(34)35)8-4-15-12-17(37-2)6-10-21(15)26/h3-13H,1-2H3. The first-order valence-corrected chi connectivity index (χ1v) is 11.8. The van der Waals surface area contributed by atoms with Gasteiger partial charge in [-0.3, -0.25) is 30.3 Å². The average molecular weight is 635 g/mol. The Morgan fingerprint density at radius 3 is 1.38 bits per heavy atom. The molecule has 3 aromatic rings. The van der Waals surface area contributed by atoms with E-state index in [1.807, 2.05) is 0 Å². The first-order chi connectivity index (χ1) is 17.6. The molecule has 0 aliphatic carbocycles. The lowest BCUT2D eigenvalue weighted by molar-refractivity contribution is -0.403. The largest absolute Gasteiger partial charge is 0.497 e. The molecule has 3 rings (SSSR count). The molecular weight excluding hydrogens is 618 g/mol. The van der Waals surface area contributed by atoms with Crippen LogP contribution >= 0.6 is 31.9 Å². The van der Waals surface area contributed by atoms with E-state index in [4.69, 9.17) is 9.47 Å². The van der Waals surface area contributed by atoms with Crippen molar-refractivity contribution >= 4 is 73.2 Å². The Morgan fingerprint density at radius 2 is 1.05 bits per heavy atom. The molecule has 13 heteroatoms. The maximum Gasteiger partial charge on any atom is 0.297 e. The minimum atomic E-state index is -0.896. The van der Waals surface area contributed by atoms with Crippen molar-refractivity contribution in [3.8, 4) is 11.5 Å². The summed E-state index contributed by atoms with van der Waals surface area (Å²) in [5, 5.41) is 35.8. The number of hydrogen-bond acceptors (Lipinski definition) is 8. The molecule has 0 atom stereocenters. The van der Waals surface area contributed by atoms with Gasteiger partial charge in [0.1, 0.15) is 22.6 Å². The van der Waals surface area contributed by atoms with Crippen LogP contribution in [0.2, 0.25) is 0 Å². The summed E-state index contributed by atoms with van der Waals surface area (Å²) in [6.07, 6.45) is 5.19. The summed E-state index contributed by atoms with van der Waals surface area (Å²) in [6, 6.07) is 10.7. The molecular formula is C24H17Br2N3O8. The number of halogens is 2. The van der Waals surface area contributed by atoms with Gasteiger partial charge in [-0.15, -0.1) is 0 Å². The number of nitrogens with zero attached hydrogens (tertiary/aromatic N) is 3. The van der Waals surface area contributed by atoms with Crippen LogP contribution in [-0.2, 0) is 0 Å². The summed E-state index contributed by atoms with van der Waals surface area (Å²) in [4.78, 5) is 33.1. The van der Waals surface area contributed by atoms with E-state index in [2.05, 4.69) is 31.9 Å². The van der Waals surface area contributed by atoms with Crippen molar-refractivity contribution in [3.05, 3.63) is 104 Å². The van der Waals surface area contributed by atoms with Crippen molar-refractivity contribution in [2.75, 3.05) is 14.2 Å². The van der Waals surface area contributed by atoms with E-state index >= 15 is 0 Å². The molecule has 0 heterocycles. The molecule has 0 N–H and O–H groups in total. The molecule has 0 fully saturated rings. The van der Waals surface area contributed by atoms with Crippen LogP contribution in [0.4, 0.5) is 17.1 Å². The van der Waals surface area contributed by atoms with Crippen LogP contribution in [0, 0.1) is 30.3 Å². The third-order valence-corrected chi connectivity index (χ3v) is 6.62. The van der Waals surface area contributed by atoms with Crippen molar-refractivity contribution in [2.24, 2.45) is 0 Å². The Bertz CT molecular complexity index is 1370. The third-order valence-electron chi connectivity index (χ3n) is 5.18. The van der Waals surface area contributed by atoms with E-state index < -0.39 is 43.0 Å². The van der Waals surface area contributed by atoms with E-state index in [1.165, 1.54) is 38.5 Å². The molecule has 0 aliphatic rings. The van der Waals surface area contributed by atoms with Crippen LogP contribution in [0.1, 0.15) is 22.3 Å². The maximum absolute atomic E-state index is 12.2. The number of methoxy groups -OCH3 is 2. The third kappa shape index (κ3) is 6.19. The molecule has 0 bridgehead atoms. The summed E-state index contributed by atoms with van der Waals surface area (Å²) in [6.45, 7) is 0. The lowest BCUT2D eigenvalue weighted by atomic mass is 10.00. The van der Waals surface area contributed by atoms with Gasteiger partial charge < -0.3 is 9.47 Å². The predicted molar refractivity (Wildman–Crippen MR) is 146 cm³/mol. The van der Waals surface area contributed by atoms with Crippen LogP contribution < -0.4 is 9.47 Å². The molecule has 0 aliphatic heterocycles. The van der Waals surface area contributed by atoms with E-state index in [1.54, 1.807) is 36.4 Å². The van der Waals surface area contributed by atoms with Gasteiger partial charge in [0.2, 0.25) is 0 Å². The summed E-state index contributed by atoms with van der Waals surface area (Å²) in [5.41, 5.74) is -2.13. The number of nitro groups is 3. The van der Waals surface area contributed by atoms with Gasteiger partial charge in [-0.05, 0) is 59.7 Å². The molecule has 0 spiro atoms. The fourth-order valence-electron chi connectivity index (χ4n) is 3.40. The smallest absolute Gasteiger partial charge is 0.297 e. The molecule has 0 amide bonds. The van der Waals surface area contributed by atoms with Crippen LogP contribution in [-0.4, -0.2) is 29.0 Å². The molecule has 0 saturated heterocycles. The van der Waals surface area contributed by atoms with Gasteiger partial charge in [0.05, 0.1) is 35.1 Å². The van der Waals surface area contributed by atoms with Crippen molar-refractivity contribution < 1.29 is 24.2 Å². The SMILES string of the molecule is COc1ccc(Br)c(C=Cc2c([N+](=O)[O-])cc([N+](=O)[O-])c(C=Cc3cc(OC)ccc3Br)c2[N+](=O)[O-])c1. The Balaban J connectivity index is 2.31. The minimum absolute atomic E-state index is 0.403. The fourth-order valence-corrected chi connectivity index (χ4v) is 4.16. The van der Waals surface area contributed by atoms with Gasteiger partial charge in [0.25, 0.3) is 17.1 Å². The highest BCUT2D eigenvalue weighted by Gasteiger charge is 2.34. The second-order valence-electron chi connectivity index (χ2n) is 7.30. The summed E-state index contributed by atoms with van der Waals surface area (Å²) in [5.74, 6) is 0.978. The van der Waals surface area contributed by atoms with Gasteiger partial charge in [-0.1, -0.05) is 44.0 Å². The van der Waals surface area contributed by atoms with Gasteiger partial charge in [0.15, 0.2) is 0 Å². The summed E-state index contributed by atoms with van der Waals surface area (Å²) in [7, 11) is 2.92. The predicted octanol–water partition coefficient (Wildman–Crippen LogP) is 7.29. The lowest BCUT2D eigenvalue weighted by Gasteiger charge is -2.07. The zero-order chi connectivity index (χ0) is 27.3. The second kappa shape index (κ2) is 11.8. The molecule has 0 saturated carbocycles. The first kappa shape index (κ1) is 27.5. The number of nitro benzene ring substituents is 3. The van der Waals surface area contributed by atoms with Crippen molar-refractivity contribution in [2.45, 2.75) is 0 Å². The van der Waals surface area contributed by atoms with Gasteiger partial charge in [0, 0.05) is 8.95 Å². The quantitative estimate of drug-likeness (QED) is 0.135. The average Bonchev–Trinajstić information content (AvgIpc) is 2.86. The number of rotatable bonds is 9.